The lowest BCUT2D eigenvalue weighted by atomic mass is 10.2. The van der Waals surface area contributed by atoms with Crippen molar-refractivity contribution in [1.29, 1.82) is 0 Å². The zero-order valence-electron chi connectivity index (χ0n) is 8.34. The molecule has 3 heteroatoms. The van der Waals surface area contributed by atoms with Crippen molar-refractivity contribution in [2.75, 3.05) is 19.5 Å². The molecule has 0 aliphatic rings. The van der Waals surface area contributed by atoms with Crippen LogP contribution in [0.25, 0.3) is 0 Å². The fourth-order valence-corrected chi connectivity index (χ4v) is 1.86. The van der Waals surface area contributed by atoms with Crippen LogP contribution in [0.2, 0.25) is 0 Å². The van der Waals surface area contributed by atoms with E-state index < -0.39 is 0 Å². The number of benzene rings is 1. The van der Waals surface area contributed by atoms with Gasteiger partial charge >= 0.3 is 0 Å². The van der Waals surface area contributed by atoms with Gasteiger partial charge in [0, 0.05) is 16.9 Å². The first-order valence-corrected chi connectivity index (χ1v) is 6.04. The van der Waals surface area contributed by atoms with E-state index in [1.807, 2.05) is 6.07 Å². The Kier molecular flexibility index (Phi) is 5.53. The van der Waals surface area contributed by atoms with Gasteiger partial charge in [-0.1, -0.05) is 34.1 Å². The standard InChI is InChI=1S/C11H15BrClN/c1-14(8-4-7-13)9-10-5-2-3-6-11(10)12/h2-3,5-6H,4,7-9H2,1H3. The Labute approximate surface area is 99.2 Å². The molecule has 1 aromatic carbocycles. The van der Waals surface area contributed by atoms with Gasteiger partial charge in [0.05, 0.1) is 0 Å². The summed E-state index contributed by atoms with van der Waals surface area (Å²) >= 11 is 9.18. The average Bonchev–Trinajstić information content (AvgIpc) is 2.18. The lowest BCUT2D eigenvalue weighted by Crippen LogP contribution is -2.19. The predicted octanol–water partition coefficient (Wildman–Crippen LogP) is 3.51. The third kappa shape index (κ3) is 3.99. The van der Waals surface area contributed by atoms with Gasteiger partial charge in [-0.25, -0.2) is 0 Å². The number of halogens is 2. The molecule has 78 valence electrons. The van der Waals surface area contributed by atoms with Crippen LogP contribution in [0, 0.1) is 0 Å². The number of hydrogen-bond acceptors (Lipinski definition) is 1. The molecule has 1 nitrogen and oxygen atoms in total. The molecule has 0 N–H and O–H groups in total. The summed E-state index contributed by atoms with van der Waals surface area (Å²) in [5.41, 5.74) is 1.32. The van der Waals surface area contributed by atoms with Crippen LogP contribution >= 0.6 is 27.5 Å². The maximum absolute atomic E-state index is 5.64. The maximum atomic E-state index is 5.64. The van der Waals surface area contributed by atoms with Gasteiger partial charge in [0.2, 0.25) is 0 Å². The number of nitrogens with zero attached hydrogens (tertiary/aromatic N) is 1. The highest BCUT2D eigenvalue weighted by Gasteiger charge is 2.02. The number of hydrogen-bond donors (Lipinski definition) is 0. The van der Waals surface area contributed by atoms with E-state index in [1.165, 1.54) is 10.0 Å². The minimum atomic E-state index is 0.736. The van der Waals surface area contributed by atoms with Crippen molar-refractivity contribution < 1.29 is 0 Å². The van der Waals surface area contributed by atoms with Crippen molar-refractivity contribution in [1.82, 2.24) is 4.90 Å². The summed E-state index contributed by atoms with van der Waals surface area (Å²) < 4.78 is 1.18. The third-order valence-electron chi connectivity index (χ3n) is 2.07. The fourth-order valence-electron chi connectivity index (χ4n) is 1.33. The van der Waals surface area contributed by atoms with Crippen LogP contribution in [0.4, 0.5) is 0 Å². The predicted molar refractivity (Wildman–Crippen MR) is 65.8 cm³/mol. The van der Waals surface area contributed by atoms with Crippen LogP contribution in [0.5, 0.6) is 0 Å². The third-order valence-corrected chi connectivity index (χ3v) is 3.11. The molecule has 0 aliphatic carbocycles. The lowest BCUT2D eigenvalue weighted by Gasteiger charge is -2.16. The van der Waals surface area contributed by atoms with Gasteiger partial charge < -0.3 is 4.90 Å². The summed E-state index contributed by atoms with van der Waals surface area (Å²) in [5, 5.41) is 0. The van der Waals surface area contributed by atoms with Gasteiger partial charge in [-0.2, -0.15) is 0 Å². The molecule has 0 amide bonds. The van der Waals surface area contributed by atoms with Crippen LogP contribution < -0.4 is 0 Å². The monoisotopic (exact) mass is 275 g/mol. The van der Waals surface area contributed by atoms with E-state index in [2.05, 4.69) is 46.1 Å². The van der Waals surface area contributed by atoms with E-state index in [0.29, 0.717) is 0 Å². The largest absolute Gasteiger partial charge is 0.302 e. The molecule has 0 bridgehead atoms. The smallest absolute Gasteiger partial charge is 0.0241 e. The summed E-state index contributed by atoms with van der Waals surface area (Å²) in [6.45, 7) is 2.02. The van der Waals surface area contributed by atoms with E-state index in [9.17, 15) is 0 Å². The van der Waals surface area contributed by atoms with Crippen LogP contribution in [0.1, 0.15) is 12.0 Å². The van der Waals surface area contributed by atoms with Crippen LogP contribution in [-0.4, -0.2) is 24.4 Å². The molecule has 0 unspecified atom stereocenters. The van der Waals surface area contributed by atoms with Gasteiger partial charge in [-0.05, 0) is 31.6 Å². The van der Waals surface area contributed by atoms with Crippen molar-refractivity contribution in [2.24, 2.45) is 0 Å². The first-order chi connectivity index (χ1) is 6.74. The second-order valence-corrected chi connectivity index (χ2v) is 4.60. The Morgan fingerprint density at radius 2 is 2.07 bits per heavy atom. The van der Waals surface area contributed by atoms with E-state index in [4.69, 9.17) is 11.6 Å². The van der Waals surface area contributed by atoms with Gasteiger partial charge in [-0.15, -0.1) is 11.6 Å². The van der Waals surface area contributed by atoms with Gasteiger partial charge in [-0.3, -0.25) is 0 Å². The topological polar surface area (TPSA) is 3.24 Å². The highest BCUT2D eigenvalue weighted by Crippen LogP contribution is 2.17. The fraction of sp³-hybridized carbons (Fsp3) is 0.455. The summed E-state index contributed by atoms with van der Waals surface area (Å²) in [4.78, 5) is 2.28. The summed E-state index contributed by atoms with van der Waals surface area (Å²) in [6.07, 6.45) is 1.04. The summed E-state index contributed by atoms with van der Waals surface area (Å²) in [7, 11) is 2.12. The minimum Gasteiger partial charge on any atom is -0.302 e. The normalized spacial score (nSPS) is 10.9. The Bertz CT molecular complexity index is 278. The molecule has 0 spiro atoms. The van der Waals surface area contributed by atoms with Crippen LogP contribution in [0.15, 0.2) is 28.7 Å². The quantitative estimate of drug-likeness (QED) is 0.744. The Morgan fingerprint density at radius 1 is 1.36 bits per heavy atom. The molecule has 1 aromatic rings. The van der Waals surface area contributed by atoms with E-state index in [1.54, 1.807) is 0 Å². The molecule has 0 saturated carbocycles. The summed E-state index contributed by atoms with van der Waals surface area (Å²) in [6, 6.07) is 8.31. The van der Waals surface area contributed by atoms with Crippen molar-refractivity contribution in [3.63, 3.8) is 0 Å². The Balaban J connectivity index is 2.47. The molecular formula is C11H15BrClN. The first kappa shape index (κ1) is 12.0. The molecule has 1 rings (SSSR count). The summed E-state index contributed by atoms with van der Waals surface area (Å²) in [5.74, 6) is 0.736. The average molecular weight is 277 g/mol. The van der Waals surface area contributed by atoms with E-state index in [-0.39, 0.29) is 0 Å². The van der Waals surface area contributed by atoms with Crippen LogP contribution in [0.3, 0.4) is 0 Å². The molecule has 0 atom stereocenters. The molecule has 14 heavy (non-hydrogen) atoms. The molecular weight excluding hydrogens is 261 g/mol. The van der Waals surface area contributed by atoms with Crippen molar-refractivity contribution in [3.8, 4) is 0 Å². The molecule has 0 heterocycles. The van der Waals surface area contributed by atoms with E-state index in [0.717, 1.165) is 25.4 Å². The Morgan fingerprint density at radius 3 is 2.71 bits per heavy atom. The van der Waals surface area contributed by atoms with Crippen molar-refractivity contribution in [2.45, 2.75) is 13.0 Å². The zero-order chi connectivity index (χ0) is 10.4. The highest BCUT2D eigenvalue weighted by atomic mass is 79.9. The van der Waals surface area contributed by atoms with Crippen molar-refractivity contribution >= 4 is 27.5 Å². The molecule has 0 radical (unpaired) electrons. The van der Waals surface area contributed by atoms with Gasteiger partial charge in [0.25, 0.3) is 0 Å². The van der Waals surface area contributed by atoms with E-state index >= 15 is 0 Å². The Hall–Kier alpha value is -0.0500. The van der Waals surface area contributed by atoms with Crippen molar-refractivity contribution in [3.05, 3.63) is 34.3 Å². The minimum absolute atomic E-state index is 0.736. The second-order valence-electron chi connectivity index (χ2n) is 3.37. The SMILES string of the molecule is CN(CCCCl)Cc1ccccc1Br. The second kappa shape index (κ2) is 6.44. The van der Waals surface area contributed by atoms with Gasteiger partial charge in [0.15, 0.2) is 0 Å². The maximum Gasteiger partial charge on any atom is 0.0241 e. The molecule has 0 aliphatic heterocycles. The van der Waals surface area contributed by atoms with Gasteiger partial charge in [0.1, 0.15) is 0 Å². The molecule has 0 saturated heterocycles. The first-order valence-electron chi connectivity index (χ1n) is 4.72. The number of rotatable bonds is 5. The lowest BCUT2D eigenvalue weighted by molar-refractivity contribution is 0.327. The zero-order valence-corrected chi connectivity index (χ0v) is 10.7. The molecule has 0 aromatic heterocycles. The number of alkyl halides is 1. The van der Waals surface area contributed by atoms with Crippen LogP contribution in [-0.2, 0) is 6.54 Å². The highest BCUT2D eigenvalue weighted by molar-refractivity contribution is 9.10. The molecule has 0 fully saturated rings.